The van der Waals surface area contributed by atoms with Gasteiger partial charge >= 0.3 is 0 Å². The largest absolute Gasteiger partial charge is 0.316 e. The molecule has 3 fully saturated rings. The van der Waals surface area contributed by atoms with Gasteiger partial charge in [-0.15, -0.1) is 0 Å². The van der Waals surface area contributed by atoms with E-state index in [0.29, 0.717) is 23.9 Å². The number of hydrogen-bond donors (Lipinski definition) is 1. The van der Waals surface area contributed by atoms with Crippen molar-refractivity contribution in [3.8, 4) is 0 Å². The lowest BCUT2D eigenvalue weighted by Gasteiger charge is -2.20. The lowest BCUT2D eigenvalue weighted by atomic mass is 9.93. The van der Waals surface area contributed by atoms with E-state index in [1.807, 2.05) is 7.05 Å². The third-order valence-electron chi connectivity index (χ3n) is 6.10. The molecule has 0 amide bonds. The van der Waals surface area contributed by atoms with Crippen LogP contribution in [0.5, 0.6) is 0 Å². The van der Waals surface area contributed by atoms with Crippen molar-refractivity contribution in [2.24, 2.45) is 29.6 Å². The minimum atomic E-state index is -0.728. The van der Waals surface area contributed by atoms with Crippen LogP contribution in [0.1, 0.15) is 24.8 Å². The number of fused-ring (bicyclic) bond motifs is 5. The van der Waals surface area contributed by atoms with Crippen molar-refractivity contribution in [1.82, 2.24) is 5.32 Å². The molecule has 0 saturated heterocycles. The summed E-state index contributed by atoms with van der Waals surface area (Å²) in [5.41, 5.74) is 0.515. The SMILES string of the molecule is CNC(Cc1cccc(F)c1F)C1C2C3CCC(C3)C21. The zero-order chi connectivity index (χ0) is 13.9. The second kappa shape index (κ2) is 4.52. The van der Waals surface area contributed by atoms with E-state index in [-0.39, 0.29) is 0 Å². The van der Waals surface area contributed by atoms with E-state index in [2.05, 4.69) is 5.32 Å². The second-order valence-corrected chi connectivity index (χ2v) is 6.88. The first-order chi connectivity index (χ1) is 9.70. The van der Waals surface area contributed by atoms with Crippen molar-refractivity contribution in [3.63, 3.8) is 0 Å². The molecule has 108 valence electrons. The summed E-state index contributed by atoms with van der Waals surface area (Å²) in [4.78, 5) is 0. The van der Waals surface area contributed by atoms with Crippen molar-refractivity contribution < 1.29 is 8.78 Å². The molecule has 5 unspecified atom stereocenters. The summed E-state index contributed by atoms with van der Waals surface area (Å²) >= 11 is 0. The molecule has 1 nitrogen and oxygen atoms in total. The van der Waals surface area contributed by atoms with E-state index in [4.69, 9.17) is 0 Å². The van der Waals surface area contributed by atoms with Gasteiger partial charge in [-0.1, -0.05) is 12.1 Å². The lowest BCUT2D eigenvalue weighted by Crippen LogP contribution is -2.32. The molecule has 0 aromatic heterocycles. The van der Waals surface area contributed by atoms with Crippen LogP contribution >= 0.6 is 0 Å². The van der Waals surface area contributed by atoms with Crippen molar-refractivity contribution in [2.45, 2.75) is 31.7 Å². The smallest absolute Gasteiger partial charge is 0.162 e. The summed E-state index contributed by atoms with van der Waals surface area (Å²) in [6.45, 7) is 0. The topological polar surface area (TPSA) is 12.0 Å². The summed E-state index contributed by atoms with van der Waals surface area (Å²) in [5.74, 6) is 2.86. The average Bonchev–Trinajstić information content (AvgIpc) is 2.88. The monoisotopic (exact) mass is 277 g/mol. The molecule has 2 bridgehead atoms. The molecule has 0 aliphatic heterocycles. The van der Waals surface area contributed by atoms with Crippen molar-refractivity contribution in [3.05, 3.63) is 35.4 Å². The molecule has 1 N–H and O–H groups in total. The van der Waals surface area contributed by atoms with Gasteiger partial charge in [0.05, 0.1) is 0 Å². The summed E-state index contributed by atoms with van der Waals surface area (Å²) in [5, 5.41) is 3.37. The fourth-order valence-corrected chi connectivity index (χ4v) is 5.30. The molecule has 0 heterocycles. The Balaban J connectivity index is 1.51. The van der Waals surface area contributed by atoms with E-state index in [0.717, 1.165) is 23.7 Å². The molecule has 3 heteroatoms. The number of likely N-dealkylation sites (N-methyl/N-ethyl adjacent to an activating group) is 1. The Labute approximate surface area is 118 Å². The highest BCUT2D eigenvalue weighted by Crippen LogP contribution is 2.70. The number of benzene rings is 1. The highest BCUT2D eigenvalue weighted by molar-refractivity contribution is 5.23. The van der Waals surface area contributed by atoms with E-state index in [9.17, 15) is 8.78 Å². The van der Waals surface area contributed by atoms with E-state index in [1.165, 1.54) is 25.3 Å². The highest BCUT2D eigenvalue weighted by atomic mass is 19.2. The molecule has 3 aliphatic rings. The van der Waals surface area contributed by atoms with Gasteiger partial charge in [-0.3, -0.25) is 0 Å². The number of rotatable bonds is 4. The number of hydrogen-bond acceptors (Lipinski definition) is 1. The average molecular weight is 277 g/mol. The Bertz CT molecular complexity index is 514. The van der Waals surface area contributed by atoms with Crippen LogP contribution in [-0.4, -0.2) is 13.1 Å². The molecule has 1 aromatic rings. The maximum absolute atomic E-state index is 13.8. The van der Waals surface area contributed by atoms with Gasteiger partial charge in [0.25, 0.3) is 0 Å². The summed E-state index contributed by atoms with van der Waals surface area (Å²) < 4.78 is 27.2. The Morgan fingerprint density at radius 1 is 1.20 bits per heavy atom. The van der Waals surface area contributed by atoms with E-state index in [1.54, 1.807) is 12.1 Å². The van der Waals surface area contributed by atoms with Gasteiger partial charge in [0, 0.05) is 6.04 Å². The molecule has 3 saturated carbocycles. The number of nitrogens with one attached hydrogen (secondary N) is 1. The van der Waals surface area contributed by atoms with E-state index < -0.39 is 11.6 Å². The normalized spacial score (nSPS) is 38.9. The molecular weight excluding hydrogens is 256 g/mol. The van der Waals surface area contributed by atoms with Crippen LogP contribution < -0.4 is 5.32 Å². The Hall–Kier alpha value is -0.960. The number of halogens is 2. The maximum Gasteiger partial charge on any atom is 0.162 e. The first kappa shape index (κ1) is 12.8. The predicted molar refractivity (Wildman–Crippen MR) is 74.2 cm³/mol. The fraction of sp³-hybridized carbons (Fsp3) is 0.647. The molecule has 0 radical (unpaired) electrons. The highest BCUT2D eigenvalue weighted by Gasteiger charge is 2.66. The van der Waals surface area contributed by atoms with Gasteiger partial charge in [-0.05, 0) is 74.0 Å². The van der Waals surface area contributed by atoms with Crippen LogP contribution in [-0.2, 0) is 6.42 Å². The summed E-state index contributed by atoms with van der Waals surface area (Å²) in [6, 6.07) is 4.82. The molecule has 1 aromatic carbocycles. The van der Waals surface area contributed by atoms with Crippen LogP contribution in [0.2, 0.25) is 0 Å². The van der Waals surface area contributed by atoms with E-state index >= 15 is 0 Å². The Morgan fingerprint density at radius 3 is 2.55 bits per heavy atom. The van der Waals surface area contributed by atoms with Crippen LogP contribution in [0.15, 0.2) is 18.2 Å². The van der Waals surface area contributed by atoms with Crippen LogP contribution in [0, 0.1) is 41.2 Å². The molecule has 3 aliphatic carbocycles. The van der Waals surface area contributed by atoms with Crippen molar-refractivity contribution in [2.75, 3.05) is 7.05 Å². The fourth-order valence-electron chi connectivity index (χ4n) is 5.30. The Morgan fingerprint density at radius 2 is 1.90 bits per heavy atom. The van der Waals surface area contributed by atoms with Crippen molar-refractivity contribution in [1.29, 1.82) is 0 Å². The summed E-state index contributed by atoms with van der Waals surface area (Å²) in [6.07, 6.45) is 4.83. The molecule has 0 spiro atoms. The summed E-state index contributed by atoms with van der Waals surface area (Å²) in [7, 11) is 1.96. The van der Waals surface area contributed by atoms with Crippen LogP contribution in [0.25, 0.3) is 0 Å². The minimum absolute atomic E-state index is 0.296. The molecule has 20 heavy (non-hydrogen) atoms. The lowest BCUT2D eigenvalue weighted by molar-refractivity contribution is 0.372. The molecule has 4 rings (SSSR count). The van der Waals surface area contributed by atoms with Crippen LogP contribution in [0.4, 0.5) is 8.78 Å². The maximum atomic E-state index is 13.8. The predicted octanol–water partition coefficient (Wildman–Crippen LogP) is 3.39. The standard InChI is InChI=1S/C17H21F2N/c1-20-13(8-11-3-2-4-12(18)17(11)19)16-14-9-5-6-10(7-9)15(14)16/h2-4,9-10,13-16,20H,5-8H2,1H3. The van der Waals surface area contributed by atoms with Gasteiger partial charge < -0.3 is 5.32 Å². The van der Waals surface area contributed by atoms with Crippen LogP contribution in [0.3, 0.4) is 0 Å². The second-order valence-electron chi connectivity index (χ2n) is 6.88. The first-order valence-electron chi connectivity index (χ1n) is 7.81. The zero-order valence-electron chi connectivity index (χ0n) is 11.8. The quantitative estimate of drug-likeness (QED) is 0.889. The van der Waals surface area contributed by atoms with Crippen molar-refractivity contribution >= 4 is 0 Å². The van der Waals surface area contributed by atoms with Gasteiger partial charge in [-0.25, -0.2) is 8.78 Å². The third-order valence-corrected chi connectivity index (χ3v) is 6.10. The molecule has 5 atom stereocenters. The van der Waals surface area contributed by atoms with Gasteiger partial charge in [0.2, 0.25) is 0 Å². The van der Waals surface area contributed by atoms with Gasteiger partial charge in [0.1, 0.15) is 0 Å². The van der Waals surface area contributed by atoms with Gasteiger partial charge in [0.15, 0.2) is 11.6 Å². The Kier molecular flexibility index (Phi) is 2.88. The minimum Gasteiger partial charge on any atom is -0.316 e. The molecular formula is C17H21F2N. The first-order valence-corrected chi connectivity index (χ1v) is 7.81. The van der Waals surface area contributed by atoms with Gasteiger partial charge in [-0.2, -0.15) is 0 Å². The third kappa shape index (κ3) is 1.75. The zero-order valence-corrected chi connectivity index (χ0v) is 11.8.